The van der Waals surface area contributed by atoms with Gasteiger partial charge in [0.1, 0.15) is 17.3 Å². The molecule has 1 aliphatic rings. The Kier molecular flexibility index (Phi) is 3.30. The summed E-state index contributed by atoms with van der Waals surface area (Å²) in [6, 6.07) is 10.9. The predicted octanol–water partition coefficient (Wildman–Crippen LogP) is 3.52. The Hall–Kier alpha value is -1.74. The van der Waals surface area contributed by atoms with E-state index in [0.717, 1.165) is 29.4 Å². The molecule has 1 aliphatic carbocycles. The molecule has 0 radical (unpaired) electrons. The summed E-state index contributed by atoms with van der Waals surface area (Å²) in [5, 5.41) is 3.45. The molecule has 1 fully saturated rings. The van der Waals surface area contributed by atoms with Crippen molar-refractivity contribution in [3.63, 3.8) is 0 Å². The SMILES string of the molecule is COc1ccc(C)cc1-c1ccc(CNC2CC2)o1. The van der Waals surface area contributed by atoms with Crippen LogP contribution in [0.15, 0.2) is 34.7 Å². The van der Waals surface area contributed by atoms with E-state index in [-0.39, 0.29) is 0 Å². The van der Waals surface area contributed by atoms with Crippen LogP contribution in [-0.4, -0.2) is 13.2 Å². The first-order valence-corrected chi connectivity index (χ1v) is 6.73. The van der Waals surface area contributed by atoms with Crippen LogP contribution in [0.25, 0.3) is 11.3 Å². The van der Waals surface area contributed by atoms with Crippen LogP contribution < -0.4 is 10.1 Å². The van der Waals surface area contributed by atoms with Crippen LogP contribution in [0.1, 0.15) is 24.2 Å². The number of aryl methyl sites for hydroxylation is 1. The molecule has 1 aromatic carbocycles. The summed E-state index contributed by atoms with van der Waals surface area (Å²) in [7, 11) is 1.69. The third-order valence-corrected chi connectivity index (χ3v) is 3.42. The lowest BCUT2D eigenvalue weighted by Crippen LogP contribution is -2.14. The molecule has 1 heterocycles. The molecule has 100 valence electrons. The Labute approximate surface area is 113 Å². The molecular formula is C16H19NO2. The molecule has 1 aromatic heterocycles. The molecule has 3 rings (SSSR count). The van der Waals surface area contributed by atoms with Gasteiger partial charge >= 0.3 is 0 Å². The smallest absolute Gasteiger partial charge is 0.138 e. The third kappa shape index (κ3) is 2.82. The summed E-state index contributed by atoms with van der Waals surface area (Å²) in [5.41, 5.74) is 2.21. The van der Waals surface area contributed by atoms with Crippen LogP contribution in [0.3, 0.4) is 0 Å². The Balaban J connectivity index is 1.82. The molecule has 0 spiro atoms. The minimum atomic E-state index is 0.696. The highest BCUT2D eigenvalue weighted by atomic mass is 16.5. The van der Waals surface area contributed by atoms with Crippen LogP contribution in [0.5, 0.6) is 5.75 Å². The van der Waals surface area contributed by atoms with E-state index < -0.39 is 0 Å². The number of nitrogens with one attached hydrogen (secondary N) is 1. The normalized spacial score (nSPS) is 14.6. The number of hydrogen-bond donors (Lipinski definition) is 1. The van der Waals surface area contributed by atoms with Gasteiger partial charge in [0.25, 0.3) is 0 Å². The summed E-state index contributed by atoms with van der Waals surface area (Å²) in [4.78, 5) is 0. The fourth-order valence-electron chi connectivity index (χ4n) is 2.16. The van der Waals surface area contributed by atoms with Gasteiger partial charge in [0.15, 0.2) is 0 Å². The Morgan fingerprint density at radius 3 is 2.84 bits per heavy atom. The molecule has 0 unspecified atom stereocenters. The second kappa shape index (κ2) is 5.10. The molecular weight excluding hydrogens is 238 g/mol. The number of rotatable bonds is 5. The van der Waals surface area contributed by atoms with E-state index in [4.69, 9.17) is 9.15 Å². The average Bonchev–Trinajstić information content (AvgIpc) is 3.13. The van der Waals surface area contributed by atoms with Crippen LogP contribution in [0.2, 0.25) is 0 Å². The highest BCUT2D eigenvalue weighted by Gasteiger charge is 2.20. The standard InChI is InChI=1S/C16H19NO2/c1-11-3-7-15(18-2)14(9-11)16-8-6-13(19-16)10-17-12-4-5-12/h3,6-9,12,17H,4-5,10H2,1-2H3. The molecule has 0 atom stereocenters. The van der Waals surface area contributed by atoms with Gasteiger partial charge in [-0.3, -0.25) is 0 Å². The average molecular weight is 257 g/mol. The lowest BCUT2D eigenvalue weighted by molar-refractivity contribution is 0.413. The maximum absolute atomic E-state index is 5.90. The van der Waals surface area contributed by atoms with Crippen molar-refractivity contribution in [1.29, 1.82) is 0 Å². The van der Waals surface area contributed by atoms with E-state index in [1.54, 1.807) is 7.11 Å². The van der Waals surface area contributed by atoms with Gasteiger partial charge in [0, 0.05) is 6.04 Å². The second-order valence-corrected chi connectivity index (χ2v) is 5.12. The highest BCUT2D eigenvalue weighted by Crippen LogP contribution is 2.32. The fourth-order valence-corrected chi connectivity index (χ4v) is 2.16. The molecule has 0 amide bonds. The predicted molar refractivity (Wildman–Crippen MR) is 75.3 cm³/mol. The van der Waals surface area contributed by atoms with Crippen LogP contribution in [0, 0.1) is 6.92 Å². The molecule has 0 aliphatic heterocycles. The molecule has 0 saturated heterocycles. The van der Waals surface area contributed by atoms with Gasteiger partial charge in [0.2, 0.25) is 0 Å². The Bertz CT molecular complexity index is 570. The highest BCUT2D eigenvalue weighted by molar-refractivity contribution is 5.66. The maximum Gasteiger partial charge on any atom is 0.138 e. The van der Waals surface area contributed by atoms with E-state index in [9.17, 15) is 0 Å². The topological polar surface area (TPSA) is 34.4 Å². The van der Waals surface area contributed by atoms with Crippen molar-refractivity contribution in [2.45, 2.75) is 32.4 Å². The summed E-state index contributed by atoms with van der Waals surface area (Å²) < 4.78 is 11.3. The maximum atomic E-state index is 5.90. The lowest BCUT2D eigenvalue weighted by atomic mass is 10.1. The van der Waals surface area contributed by atoms with Crippen molar-refractivity contribution in [3.8, 4) is 17.1 Å². The second-order valence-electron chi connectivity index (χ2n) is 5.12. The first-order chi connectivity index (χ1) is 9.26. The number of furan rings is 1. The summed E-state index contributed by atoms with van der Waals surface area (Å²) in [6.07, 6.45) is 2.58. The van der Waals surface area contributed by atoms with Crippen LogP contribution in [0.4, 0.5) is 0 Å². The number of hydrogen-bond acceptors (Lipinski definition) is 3. The van der Waals surface area contributed by atoms with Crippen LogP contribution >= 0.6 is 0 Å². The number of methoxy groups -OCH3 is 1. The van der Waals surface area contributed by atoms with E-state index >= 15 is 0 Å². The van der Waals surface area contributed by atoms with E-state index in [1.807, 2.05) is 24.3 Å². The van der Waals surface area contributed by atoms with Gasteiger partial charge in [-0.2, -0.15) is 0 Å². The quantitative estimate of drug-likeness (QED) is 0.890. The van der Waals surface area contributed by atoms with Crippen molar-refractivity contribution >= 4 is 0 Å². The van der Waals surface area contributed by atoms with Gasteiger partial charge in [-0.1, -0.05) is 11.6 Å². The van der Waals surface area contributed by atoms with Gasteiger partial charge < -0.3 is 14.5 Å². The van der Waals surface area contributed by atoms with E-state index in [1.165, 1.54) is 18.4 Å². The van der Waals surface area contributed by atoms with Crippen molar-refractivity contribution in [2.24, 2.45) is 0 Å². The first-order valence-electron chi connectivity index (χ1n) is 6.73. The summed E-state index contributed by atoms with van der Waals surface area (Å²) >= 11 is 0. The van der Waals surface area contributed by atoms with Gasteiger partial charge in [-0.05, 0) is 44.0 Å². The zero-order valence-electron chi connectivity index (χ0n) is 11.4. The molecule has 1 saturated carbocycles. The van der Waals surface area contributed by atoms with Crippen LogP contribution in [-0.2, 0) is 6.54 Å². The minimum absolute atomic E-state index is 0.696. The minimum Gasteiger partial charge on any atom is -0.496 e. The number of ether oxygens (including phenoxy) is 1. The Morgan fingerprint density at radius 2 is 2.11 bits per heavy atom. The molecule has 2 aromatic rings. The lowest BCUT2D eigenvalue weighted by Gasteiger charge is -2.07. The van der Waals surface area contributed by atoms with Crippen molar-refractivity contribution < 1.29 is 9.15 Å². The molecule has 19 heavy (non-hydrogen) atoms. The first kappa shape index (κ1) is 12.3. The van der Waals surface area contributed by atoms with Gasteiger partial charge in [-0.25, -0.2) is 0 Å². The number of benzene rings is 1. The summed E-state index contributed by atoms with van der Waals surface area (Å²) in [6.45, 7) is 2.88. The zero-order chi connectivity index (χ0) is 13.2. The largest absolute Gasteiger partial charge is 0.496 e. The molecule has 1 N–H and O–H groups in total. The van der Waals surface area contributed by atoms with Gasteiger partial charge in [0.05, 0.1) is 19.2 Å². The van der Waals surface area contributed by atoms with Crippen molar-refractivity contribution in [2.75, 3.05) is 7.11 Å². The van der Waals surface area contributed by atoms with Crippen molar-refractivity contribution in [3.05, 3.63) is 41.7 Å². The van der Waals surface area contributed by atoms with E-state index in [0.29, 0.717) is 6.04 Å². The molecule has 0 bridgehead atoms. The fraction of sp³-hybridized carbons (Fsp3) is 0.375. The monoisotopic (exact) mass is 257 g/mol. The Morgan fingerprint density at radius 1 is 1.26 bits per heavy atom. The summed E-state index contributed by atoms with van der Waals surface area (Å²) in [5.74, 6) is 2.69. The molecule has 3 nitrogen and oxygen atoms in total. The third-order valence-electron chi connectivity index (χ3n) is 3.42. The van der Waals surface area contributed by atoms with E-state index in [2.05, 4.69) is 18.3 Å². The zero-order valence-corrected chi connectivity index (χ0v) is 11.4. The van der Waals surface area contributed by atoms with Gasteiger partial charge in [-0.15, -0.1) is 0 Å². The van der Waals surface area contributed by atoms with Crippen molar-refractivity contribution in [1.82, 2.24) is 5.32 Å². The molecule has 3 heteroatoms.